The lowest BCUT2D eigenvalue weighted by Crippen LogP contribution is -2.48. The van der Waals surface area contributed by atoms with E-state index in [4.69, 9.17) is 4.74 Å². The van der Waals surface area contributed by atoms with Crippen LogP contribution in [0.25, 0.3) is 0 Å². The van der Waals surface area contributed by atoms with Gasteiger partial charge in [0.25, 0.3) is 5.91 Å². The Kier molecular flexibility index (Phi) is 4.19. The minimum Gasteiger partial charge on any atom is -0.507 e. The maximum atomic E-state index is 13.0. The Morgan fingerprint density at radius 2 is 1.80 bits per heavy atom. The van der Waals surface area contributed by atoms with Gasteiger partial charge in [0.2, 0.25) is 0 Å². The van der Waals surface area contributed by atoms with Crippen LogP contribution in [0.4, 0.5) is 10.1 Å². The molecule has 4 nitrogen and oxygen atoms in total. The lowest BCUT2D eigenvalue weighted by atomic mass is 9.86. The zero-order valence-electron chi connectivity index (χ0n) is 14.9. The number of hydrogen-bond donors (Lipinski definition) is 2. The van der Waals surface area contributed by atoms with Gasteiger partial charge in [-0.15, -0.1) is 0 Å². The molecule has 5 heteroatoms. The second-order valence-electron chi connectivity index (χ2n) is 6.83. The molecule has 0 saturated carbocycles. The van der Waals surface area contributed by atoms with Gasteiger partial charge in [0.15, 0.2) is 5.60 Å². The van der Waals surface area contributed by atoms with Crippen molar-refractivity contribution in [2.75, 3.05) is 5.32 Å². The summed E-state index contributed by atoms with van der Waals surface area (Å²) >= 11 is 0. The van der Waals surface area contributed by atoms with E-state index < -0.39 is 5.60 Å². The Morgan fingerprint density at radius 1 is 1.16 bits per heavy atom. The Bertz CT molecular complexity index is 845. The van der Waals surface area contributed by atoms with E-state index in [2.05, 4.69) is 5.32 Å². The summed E-state index contributed by atoms with van der Waals surface area (Å²) in [5, 5.41) is 13.0. The normalized spacial score (nSPS) is 19.1. The summed E-state index contributed by atoms with van der Waals surface area (Å²) in [5.74, 6) is 0.344. The molecule has 2 N–H and O–H groups in total. The van der Waals surface area contributed by atoms with Gasteiger partial charge >= 0.3 is 0 Å². The highest BCUT2D eigenvalue weighted by Crippen LogP contribution is 2.43. The smallest absolute Gasteiger partial charge is 0.268 e. The molecule has 1 aliphatic rings. The first kappa shape index (κ1) is 17.3. The summed E-state index contributed by atoms with van der Waals surface area (Å²) in [4.78, 5) is 12.8. The van der Waals surface area contributed by atoms with Crippen molar-refractivity contribution in [3.8, 4) is 11.5 Å². The molecule has 0 fully saturated rings. The molecule has 3 rings (SSSR count). The SMILES string of the molecule is Cc1c(C)c2c(c(C)c1O)CCC(C)(C(=O)Nc1ccc(F)cc1)O2. The van der Waals surface area contributed by atoms with Crippen LogP contribution in [0.5, 0.6) is 11.5 Å². The average molecular weight is 343 g/mol. The number of carbonyl (C=O) groups is 1. The first-order valence-electron chi connectivity index (χ1n) is 8.30. The highest BCUT2D eigenvalue weighted by atomic mass is 19.1. The second-order valence-corrected chi connectivity index (χ2v) is 6.83. The third-order valence-electron chi connectivity index (χ3n) is 5.10. The maximum Gasteiger partial charge on any atom is 0.268 e. The van der Waals surface area contributed by atoms with Crippen LogP contribution in [-0.4, -0.2) is 16.6 Å². The summed E-state index contributed by atoms with van der Waals surface area (Å²) in [6.07, 6.45) is 1.14. The molecule has 0 spiro atoms. The van der Waals surface area contributed by atoms with Crippen LogP contribution in [0.1, 0.15) is 35.6 Å². The van der Waals surface area contributed by atoms with Crippen molar-refractivity contribution in [2.24, 2.45) is 0 Å². The number of nitrogens with one attached hydrogen (secondary N) is 1. The molecule has 1 aliphatic heterocycles. The molecule has 1 amide bonds. The Labute approximate surface area is 146 Å². The number of ether oxygens (including phenoxy) is 1. The number of anilines is 1. The number of hydrogen-bond acceptors (Lipinski definition) is 3. The topological polar surface area (TPSA) is 58.6 Å². The number of phenolic OH excluding ortho intramolecular Hbond substituents is 1. The molecule has 132 valence electrons. The molecule has 1 unspecified atom stereocenters. The summed E-state index contributed by atoms with van der Waals surface area (Å²) in [7, 11) is 0. The van der Waals surface area contributed by atoms with Crippen LogP contribution in [0, 0.1) is 26.6 Å². The molecule has 1 atom stereocenters. The zero-order chi connectivity index (χ0) is 18.4. The minimum absolute atomic E-state index is 0.271. The predicted molar refractivity (Wildman–Crippen MR) is 94.7 cm³/mol. The molecule has 2 aromatic carbocycles. The fourth-order valence-corrected chi connectivity index (χ4v) is 3.20. The lowest BCUT2D eigenvalue weighted by molar-refractivity contribution is -0.131. The molecule has 0 bridgehead atoms. The van der Waals surface area contributed by atoms with Crippen molar-refractivity contribution in [3.05, 3.63) is 52.3 Å². The molecular weight excluding hydrogens is 321 g/mol. The largest absolute Gasteiger partial charge is 0.507 e. The predicted octanol–water partition coefficient (Wildman–Crippen LogP) is 4.18. The molecule has 1 heterocycles. The molecular formula is C20H22FNO3. The van der Waals surface area contributed by atoms with Crippen molar-refractivity contribution in [3.63, 3.8) is 0 Å². The van der Waals surface area contributed by atoms with Gasteiger partial charge < -0.3 is 15.2 Å². The summed E-state index contributed by atoms with van der Waals surface area (Å²) < 4.78 is 19.1. The van der Waals surface area contributed by atoms with E-state index in [-0.39, 0.29) is 11.7 Å². The monoisotopic (exact) mass is 343 g/mol. The van der Waals surface area contributed by atoms with Crippen LogP contribution >= 0.6 is 0 Å². The quantitative estimate of drug-likeness (QED) is 0.860. The van der Waals surface area contributed by atoms with Gasteiger partial charge in [-0.2, -0.15) is 0 Å². The number of benzene rings is 2. The van der Waals surface area contributed by atoms with Crippen LogP contribution in [0.3, 0.4) is 0 Å². The van der Waals surface area contributed by atoms with E-state index >= 15 is 0 Å². The van der Waals surface area contributed by atoms with Crippen LogP contribution in [0.2, 0.25) is 0 Å². The number of amides is 1. The summed E-state index contributed by atoms with van der Waals surface area (Å²) in [5.41, 5.74) is 2.86. The number of rotatable bonds is 2. The molecule has 0 aromatic heterocycles. The van der Waals surface area contributed by atoms with Gasteiger partial charge in [0, 0.05) is 17.7 Å². The third-order valence-corrected chi connectivity index (χ3v) is 5.10. The molecule has 0 aliphatic carbocycles. The first-order valence-corrected chi connectivity index (χ1v) is 8.30. The summed E-state index contributed by atoms with van der Waals surface area (Å²) in [6, 6.07) is 5.64. The van der Waals surface area contributed by atoms with E-state index in [9.17, 15) is 14.3 Å². The number of fused-ring (bicyclic) bond motifs is 1. The van der Waals surface area contributed by atoms with Crippen LogP contribution in [-0.2, 0) is 11.2 Å². The van der Waals surface area contributed by atoms with Crippen molar-refractivity contribution in [1.82, 2.24) is 0 Å². The van der Waals surface area contributed by atoms with Crippen molar-refractivity contribution >= 4 is 11.6 Å². The fourth-order valence-electron chi connectivity index (χ4n) is 3.20. The van der Waals surface area contributed by atoms with E-state index in [1.54, 1.807) is 6.92 Å². The average Bonchev–Trinajstić information content (AvgIpc) is 2.60. The molecule has 0 radical (unpaired) electrons. The second kappa shape index (κ2) is 6.06. The molecule has 2 aromatic rings. The van der Waals surface area contributed by atoms with E-state index in [1.807, 2.05) is 20.8 Å². The number of aromatic hydroxyl groups is 1. The van der Waals surface area contributed by atoms with Crippen LogP contribution in [0.15, 0.2) is 24.3 Å². The molecule has 0 saturated heterocycles. The lowest BCUT2D eigenvalue weighted by Gasteiger charge is -2.36. The first-order chi connectivity index (χ1) is 11.7. The Balaban J connectivity index is 1.90. The third kappa shape index (κ3) is 2.95. The van der Waals surface area contributed by atoms with Gasteiger partial charge in [-0.05, 0) is 75.1 Å². The van der Waals surface area contributed by atoms with Gasteiger partial charge in [-0.3, -0.25) is 4.79 Å². The fraction of sp³-hybridized carbons (Fsp3) is 0.350. The molecule has 25 heavy (non-hydrogen) atoms. The highest BCUT2D eigenvalue weighted by Gasteiger charge is 2.40. The van der Waals surface area contributed by atoms with Crippen molar-refractivity contribution in [1.29, 1.82) is 0 Å². The maximum absolute atomic E-state index is 13.0. The number of halogens is 1. The van der Waals surface area contributed by atoms with Gasteiger partial charge in [-0.25, -0.2) is 4.39 Å². The summed E-state index contributed by atoms with van der Waals surface area (Å²) in [6.45, 7) is 7.35. The van der Waals surface area contributed by atoms with E-state index in [1.165, 1.54) is 24.3 Å². The van der Waals surface area contributed by atoms with E-state index in [0.29, 0.717) is 30.0 Å². The zero-order valence-corrected chi connectivity index (χ0v) is 14.9. The van der Waals surface area contributed by atoms with Crippen LogP contribution < -0.4 is 10.1 Å². The minimum atomic E-state index is -1.03. The van der Waals surface area contributed by atoms with E-state index in [0.717, 1.165) is 22.3 Å². The van der Waals surface area contributed by atoms with Gasteiger partial charge in [0.1, 0.15) is 17.3 Å². The van der Waals surface area contributed by atoms with Crippen molar-refractivity contribution < 1.29 is 19.0 Å². The Morgan fingerprint density at radius 3 is 2.44 bits per heavy atom. The van der Waals surface area contributed by atoms with Gasteiger partial charge in [0.05, 0.1) is 0 Å². The number of carbonyl (C=O) groups excluding carboxylic acids is 1. The Hall–Kier alpha value is -2.56. The van der Waals surface area contributed by atoms with Crippen molar-refractivity contribution in [2.45, 2.75) is 46.1 Å². The highest BCUT2D eigenvalue weighted by molar-refractivity contribution is 5.97. The van der Waals surface area contributed by atoms with Gasteiger partial charge in [-0.1, -0.05) is 0 Å². The standard InChI is InChI=1S/C20H22FNO3/c1-11-12(2)18-16(13(3)17(11)23)9-10-20(4,25-18)19(24)22-15-7-5-14(21)6-8-15/h5-8,23H,9-10H2,1-4H3,(H,22,24). The number of phenols is 1.